The Kier molecular flexibility index (Phi) is 2.41. The maximum atomic E-state index is 13.5. The summed E-state index contributed by atoms with van der Waals surface area (Å²) in [6, 6.07) is 1.25. The highest BCUT2D eigenvalue weighted by molar-refractivity contribution is 5.55. The molecule has 3 nitrogen and oxygen atoms in total. The van der Waals surface area contributed by atoms with Crippen molar-refractivity contribution in [3.8, 4) is 11.5 Å². The number of oxazole rings is 1. The van der Waals surface area contributed by atoms with Gasteiger partial charge in [0.15, 0.2) is 11.6 Å². The summed E-state index contributed by atoms with van der Waals surface area (Å²) in [4.78, 5) is 6.08. The molecule has 0 atom stereocenters. The van der Waals surface area contributed by atoms with Crippen molar-refractivity contribution >= 4 is 0 Å². The lowest BCUT2D eigenvalue weighted by molar-refractivity contribution is 0.325. The van der Waals surface area contributed by atoms with Gasteiger partial charge in [-0.1, -0.05) is 0 Å². The summed E-state index contributed by atoms with van der Waals surface area (Å²) < 4.78 is 44.8. The largest absolute Gasteiger partial charge is 0.439 e. The molecule has 3 rings (SSSR count). The summed E-state index contributed by atoms with van der Waals surface area (Å²) in [5.74, 6) is -2.61. The van der Waals surface area contributed by atoms with Crippen LogP contribution in [-0.2, 0) is 13.1 Å². The number of hydrogen-bond donors (Lipinski definition) is 0. The second kappa shape index (κ2) is 3.84. The molecular formula is C12H9F3N2O. The molecule has 0 amide bonds. The molecule has 0 radical (unpaired) electrons. The van der Waals surface area contributed by atoms with Crippen LogP contribution in [0.2, 0.25) is 0 Å². The first-order valence-electron chi connectivity index (χ1n) is 5.36. The molecule has 1 aromatic heterocycles. The van der Waals surface area contributed by atoms with Gasteiger partial charge in [-0.3, -0.25) is 4.90 Å². The summed E-state index contributed by atoms with van der Waals surface area (Å²) >= 11 is 0. The third-order valence-electron chi connectivity index (χ3n) is 2.85. The predicted molar refractivity (Wildman–Crippen MR) is 57.0 cm³/mol. The van der Waals surface area contributed by atoms with Crippen LogP contribution in [0, 0.1) is 17.5 Å². The zero-order valence-corrected chi connectivity index (χ0v) is 9.51. The number of fused-ring (bicyclic) bond motifs is 1. The third kappa shape index (κ3) is 1.69. The molecule has 0 bridgehead atoms. The van der Waals surface area contributed by atoms with E-state index in [0.717, 1.165) is 6.07 Å². The summed E-state index contributed by atoms with van der Waals surface area (Å²) in [5.41, 5.74) is 0.544. The second-order valence-electron chi connectivity index (χ2n) is 4.31. The van der Waals surface area contributed by atoms with E-state index in [9.17, 15) is 13.2 Å². The van der Waals surface area contributed by atoms with Gasteiger partial charge in [0.25, 0.3) is 0 Å². The van der Waals surface area contributed by atoms with Crippen molar-refractivity contribution in [2.75, 3.05) is 7.05 Å². The predicted octanol–water partition coefficient (Wildman–Crippen LogP) is 2.70. The minimum absolute atomic E-state index is 0.00972. The van der Waals surface area contributed by atoms with Crippen molar-refractivity contribution in [3.63, 3.8) is 0 Å². The molecule has 0 aliphatic carbocycles. The molecule has 1 aliphatic heterocycles. The number of nitrogens with zero attached hydrogens (tertiary/aromatic N) is 2. The summed E-state index contributed by atoms with van der Waals surface area (Å²) in [7, 11) is 1.90. The van der Waals surface area contributed by atoms with Gasteiger partial charge in [-0.2, -0.15) is 0 Å². The number of hydrogen-bond acceptors (Lipinski definition) is 3. The standard InChI is InChI=1S/C12H9F3N2O/c1-17-4-10-11(5-17)18-12(16-10)6-2-8(14)9(15)3-7(6)13/h2-3H,4-5H2,1H3. The van der Waals surface area contributed by atoms with Gasteiger partial charge in [-0.05, 0) is 13.1 Å². The van der Waals surface area contributed by atoms with E-state index in [1.165, 1.54) is 0 Å². The fourth-order valence-electron chi connectivity index (χ4n) is 1.99. The smallest absolute Gasteiger partial charge is 0.229 e. The van der Waals surface area contributed by atoms with Crippen LogP contribution in [0.5, 0.6) is 0 Å². The Hall–Kier alpha value is -1.82. The number of benzene rings is 1. The molecule has 1 aromatic carbocycles. The monoisotopic (exact) mass is 254 g/mol. The molecule has 0 unspecified atom stereocenters. The van der Waals surface area contributed by atoms with Gasteiger partial charge in [0.2, 0.25) is 5.89 Å². The van der Waals surface area contributed by atoms with Crippen LogP contribution >= 0.6 is 0 Å². The van der Waals surface area contributed by atoms with Crippen molar-refractivity contribution in [1.82, 2.24) is 9.88 Å². The molecule has 2 heterocycles. The summed E-state index contributed by atoms with van der Waals surface area (Å²) in [6.07, 6.45) is 0. The van der Waals surface area contributed by atoms with E-state index in [1.54, 1.807) is 0 Å². The summed E-state index contributed by atoms with van der Waals surface area (Å²) in [5, 5.41) is 0. The van der Waals surface area contributed by atoms with E-state index in [-0.39, 0.29) is 11.5 Å². The van der Waals surface area contributed by atoms with E-state index < -0.39 is 17.5 Å². The average molecular weight is 254 g/mol. The minimum atomic E-state index is -1.23. The molecule has 2 aromatic rings. The quantitative estimate of drug-likeness (QED) is 0.733. The molecule has 94 valence electrons. The maximum Gasteiger partial charge on any atom is 0.229 e. The maximum absolute atomic E-state index is 13.5. The van der Waals surface area contributed by atoms with Gasteiger partial charge in [-0.25, -0.2) is 18.2 Å². The Morgan fingerprint density at radius 3 is 2.56 bits per heavy atom. The second-order valence-corrected chi connectivity index (χ2v) is 4.31. The van der Waals surface area contributed by atoms with Crippen LogP contribution in [-0.4, -0.2) is 16.9 Å². The fourth-order valence-corrected chi connectivity index (χ4v) is 1.99. The minimum Gasteiger partial charge on any atom is -0.439 e. The Balaban J connectivity index is 2.06. The van der Waals surface area contributed by atoms with Crippen molar-refractivity contribution in [2.45, 2.75) is 13.1 Å². The molecular weight excluding hydrogens is 245 g/mol. The number of aromatic nitrogens is 1. The van der Waals surface area contributed by atoms with Crippen LogP contribution < -0.4 is 0 Å². The molecule has 6 heteroatoms. The van der Waals surface area contributed by atoms with Gasteiger partial charge >= 0.3 is 0 Å². The van der Waals surface area contributed by atoms with Crippen LogP contribution in [0.25, 0.3) is 11.5 Å². The SMILES string of the molecule is CN1Cc2nc(-c3cc(F)c(F)cc3F)oc2C1. The highest BCUT2D eigenvalue weighted by atomic mass is 19.2. The van der Waals surface area contributed by atoms with Crippen molar-refractivity contribution in [1.29, 1.82) is 0 Å². The number of halogens is 3. The van der Waals surface area contributed by atoms with E-state index in [2.05, 4.69) is 4.98 Å². The lowest BCUT2D eigenvalue weighted by atomic mass is 10.2. The molecule has 1 aliphatic rings. The molecule has 0 saturated carbocycles. The van der Waals surface area contributed by atoms with Gasteiger partial charge in [0.05, 0.1) is 17.8 Å². The van der Waals surface area contributed by atoms with E-state index >= 15 is 0 Å². The van der Waals surface area contributed by atoms with Crippen LogP contribution in [0.3, 0.4) is 0 Å². The lowest BCUT2D eigenvalue weighted by Gasteiger charge is -2.04. The van der Waals surface area contributed by atoms with Gasteiger partial charge in [0, 0.05) is 12.6 Å². The highest BCUT2D eigenvalue weighted by Crippen LogP contribution is 2.30. The Bertz CT molecular complexity index is 601. The Morgan fingerprint density at radius 2 is 1.83 bits per heavy atom. The molecule has 0 saturated heterocycles. The van der Waals surface area contributed by atoms with Gasteiger partial charge < -0.3 is 4.42 Å². The normalized spacial score (nSPS) is 15.1. The molecule has 0 spiro atoms. The Labute approximate surface area is 101 Å². The average Bonchev–Trinajstić information content (AvgIpc) is 2.80. The van der Waals surface area contributed by atoms with Crippen LogP contribution in [0.1, 0.15) is 11.5 Å². The zero-order chi connectivity index (χ0) is 12.9. The van der Waals surface area contributed by atoms with Crippen molar-refractivity contribution in [3.05, 3.63) is 41.0 Å². The number of rotatable bonds is 1. The van der Waals surface area contributed by atoms with Crippen LogP contribution in [0.4, 0.5) is 13.2 Å². The van der Waals surface area contributed by atoms with Crippen LogP contribution in [0.15, 0.2) is 16.5 Å². The first-order chi connectivity index (χ1) is 8.54. The first-order valence-corrected chi connectivity index (χ1v) is 5.36. The van der Waals surface area contributed by atoms with Gasteiger partial charge in [-0.15, -0.1) is 0 Å². The van der Waals surface area contributed by atoms with E-state index in [0.29, 0.717) is 30.6 Å². The van der Waals surface area contributed by atoms with Crippen molar-refractivity contribution < 1.29 is 17.6 Å². The van der Waals surface area contributed by atoms with E-state index in [4.69, 9.17) is 4.42 Å². The van der Waals surface area contributed by atoms with E-state index in [1.807, 2.05) is 11.9 Å². The highest BCUT2D eigenvalue weighted by Gasteiger charge is 2.25. The molecule has 18 heavy (non-hydrogen) atoms. The zero-order valence-electron chi connectivity index (χ0n) is 9.51. The van der Waals surface area contributed by atoms with Crippen molar-refractivity contribution in [2.24, 2.45) is 0 Å². The fraction of sp³-hybridized carbons (Fsp3) is 0.250. The third-order valence-corrected chi connectivity index (χ3v) is 2.85. The first kappa shape index (κ1) is 11.3. The molecule has 0 fully saturated rings. The summed E-state index contributed by atoms with van der Waals surface area (Å²) in [6.45, 7) is 1.18. The van der Waals surface area contributed by atoms with Gasteiger partial charge in [0.1, 0.15) is 11.6 Å². The molecule has 0 N–H and O–H groups in total. The lowest BCUT2D eigenvalue weighted by Crippen LogP contribution is -2.08. The Morgan fingerprint density at radius 1 is 1.11 bits per heavy atom. The topological polar surface area (TPSA) is 29.3 Å².